The van der Waals surface area contributed by atoms with Crippen LogP contribution in [0.2, 0.25) is 0 Å². The molecule has 1 saturated carbocycles. The van der Waals surface area contributed by atoms with Crippen LogP contribution in [-0.2, 0) is 4.79 Å². The van der Waals surface area contributed by atoms with Gasteiger partial charge in [-0.1, -0.05) is 12.8 Å². The van der Waals surface area contributed by atoms with E-state index in [-0.39, 0.29) is 17.9 Å². The number of rotatable bonds is 2. The van der Waals surface area contributed by atoms with Gasteiger partial charge in [-0.3, -0.25) is 4.79 Å². The van der Waals surface area contributed by atoms with Gasteiger partial charge in [0.25, 0.3) is 0 Å². The fourth-order valence-electron chi connectivity index (χ4n) is 2.18. The van der Waals surface area contributed by atoms with E-state index in [0.29, 0.717) is 10.6 Å². The molecule has 0 radical (unpaired) electrons. The lowest BCUT2D eigenvalue weighted by Gasteiger charge is -2.27. The van der Waals surface area contributed by atoms with Crippen LogP contribution in [0.4, 0.5) is 5.00 Å². The van der Waals surface area contributed by atoms with Gasteiger partial charge in [-0.25, -0.2) is 0 Å². The molecule has 1 aliphatic carbocycles. The number of amides is 1. The number of carbonyl (C=O) groups is 1. The first kappa shape index (κ1) is 12.1. The number of nitrogens with two attached hydrogens (primary N) is 1. The molecule has 1 fully saturated rings. The Morgan fingerprint density at radius 3 is 3.00 bits per heavy atom. The van der Waals surface area contributed by atoms with Crippen LogP contribution < -0.4 is 11.1 Å². The molecule has 1 heterocycles. The first-order valence-electron chi connectivity index (χ1n) is 5.76. The number of nitrogens with zero attached hydrogens (tertiary/aromatic N) is 1. The van der Waals surface area contributed by atoms with Crippen molar-refractivity contribution in [3.8, 4) is 6.07 Å². The Balaban J connectivity index is 2.04. The summed E-state index contributed by atoms with van der Waals surface area (Å²) in [6, 6.07) is 3.72. The van der Waals surface area contributed by atoms with E-state index >= 15 is 0 Å². The van der Waals surface area contributed by atoms with E-state index in [1.165, 1.54) is 11.3 Å². The Bertz CT molecular complexity index is 449. The van der Waals surface area contributed by atoms with Crippen molar-refractivity contribution in [1.82, 2.24) is 0 Å². The van der Waals surface area contributed by atoms with E-state index < -0.39 is 0 Å². The molecule has 1 amide bonds. The van der Waals surface area contributed by atoms with Crippen molar-refractivity contribution in [1.29, 1.82) is 5.26 Å². The molecule has 5 heteroatoms. The van der Waals surface area contributed by atoms with Crippen molar-refractivity contribution in [2.75, 3.05) is 5.32 Å². The van der Waals surface area contributed by atoms with Gasteiger partial charge in [-0.15, -0.1) is 11.3 Å². The Labute approximate surface area is 104 Å². The minimum absolute atomic E-state index is 0.0452. The fourth-order valence-corrected chi connectivity index (χ4v) is 2.92. The van der Waals surface area contributed by atoms with Crippen LogP contribution in [0.5, 0.6) is 0 Å². The van der Waals surface area contributed by atoms with Gasteiger partial charge in [0.1, 0.15) is 11.1 Å². The van der Waals surface area contributed by atoms with Crippen molar-refractivity contribution >= 4 is 22.2 Å². The van der Waals surface area contributed by atoms with Gasteiger partial charge in [0, 0.05) is 6.04 Å². The Hall–Kier alpha value is -1.38. The summed E-state index contributed by atoms with van der Waals surface area (Å²) >= 11 is 1.37. The van der Waals surface area contributed by atoms with Crippen LogP contribution in [0.3, 0.4) is 0 Å². The Morgan fingerprint density at radius 1 is 1.53 bits per heavy atom. The van der Waals surface area contributed by atoms with Gasteiger partial charge in [-0.2, -0.15) is 5.26 Å². The van der Waals surface area contributed by atoms with E-state index in [1.54, 1.807) is 11.4 Å². The Kier molecular flexibility index (Phi) is 3.77. The summed E-state index contributed by atoms with van der Waals surface area (Å²) in [5.74, 6) is -0.159. The summed E-state index contributed by atoms with van der Waals surface area (Å²) in [5, 5.41) is 14.1. The summed E-state index contributed by atoms with van der Waals surface area (Å²) < 4.78 is 0. The lowest BCUT2D eigenvalue weighted by molar-refractivity contribution is -0.121. The molecule has 3 N–H and O–H groups in total. The number of anilines is 1. The second kappa shape index (κ2) is 5.30. The van der Waals surface area contributed by atoms with Crippen LogP contribution in [0.1, 0.15) is 31.2 Å². The number of hydrogen-bond donors (Lipinski definition) is 2. The summed E-state index contributed by atoms with van der Waals surface area (Å²) in [5.41, 5.74) is 6.48. The van der Waals surface area contributed by atoms with Crippen LogP contribution in [0, 0.1) is 17.2 Å². The molecule has 0 aliphatic heterocycles. The highest BCUT2D eigenvalue weighted by Crippen LogP contribution is 2.27. The zero-order valence-corrected chi connectivity index (χ0v) is 10.3. The maximum Gasteiger partial charge on any atom is 0.229 e. The molecule has 1 aromatic heterocycles. The largest absolute Gasteiger partial charge is 0.327 e. The van der Waals surface area contributed by atoms with Crippen molar-refractivity contribution in [3.05, 3.63) is 17.0 Å². The summed E-state index contributed by atoms with van der Waals surface area (Å²) in [6.45, 7) is 0. The molecular weight excluding hydrogens is 234 g/mol. The van der Waals surface area contributed by atoms with Crippen LogP contribution in [0.25, 0.3) is 0 Å². The monoisotopic (exact) mass is 249 g/mol. The number of nitriles is 1. The summed E-state index contributed by atoms with van der Waals surface area (Å²) in [4.78, 5) is 12.1. The first-order valence-corrected chi connectivity index (χ1v) is 6.64. The number of hydrogen-bond acceptors (Lipinski definition) is 4. The predicted octanol–water partition coefficient (Wildman–Crippen LogP) is 2.08. The summed E-state index contributed by atoms with van der Waals surface area (Å²) in [6.07, 6.45) is 3.92. The first-order chi connectivity index (χ1) is 8.22. The van der Waals surface area contributed by atoms with Gasteiger partial charge in [0.2, 0.25) is 5.91 Å². The fraction of sp³-hybridized carbons (Fsp3) is 0.500. The molecule has 0 spiro atoms. The molecule has 2 atom stereocenters. The predicted molar refractivity (Wildman–Crippen MR) is 67.6 cm³/mol. The normalized spacial score (nSPS) is 24.0. The highest BCUT2D eigenvalue weighted by atomic mass is 32.1. The molecule has 4 nitrogen and oxygen atoms in total. The van der Waals surface area contributed by atoms with Gasteiger partial charge >= 0.3 is 0 Å². The van der Waals surface area contributed by atoms with E-state index in [1.807, 2.05) is 0 Å². The quantitative estimate of drug-likeness (QED) is 0.842. The minimum Gasteiger partial charge on any atom is -0.327 e. The summed E-state index contributed by atoms with van der Waals surface area (Å²) in [7, 11) is 0. The highest BCUT2D eigenvalue weighted by Gasteiger charge is 2.28. The van der Waals surface area contributed by atoms with E-state index in [2.05, 4.69) is 11.4 Å². The van der Waals surface area contributed by atoms with Crippen LogP contribution in [-0.4, -0.2) is 11.9 Å². The Morgan fingerprint density at radius 2 is 2.29 bits per heavy atom. The van der Waals surface area contributed by atoms with Gasteiger partial charge in [-0.05, 0) is 24.3 Å². The van der Waals surface area contributed by atoms with Crippen molar-refractivity contribution in [2.45, 2.75) is 31.7 Å². The molecule has 1 aliphatic rings. The number of carbonyl (C=O) groups excluding carboxylic acids is 1. The number of nitrogens with one attached hydrogen (secondary N) is 1. The molecule has 1 aromatic rings. The van der Waals surface area contributed by atoms with E-state index in [0.717, 1.165) is 25.7 Å². The van der Waals surface area contributed by atoms with Gasteiger partial charge in [0.05, 0.1) is 11.5 Å². The lowest BCUT2D eigenvalue weighted by atomic mass is 9.84. The number of thiophene rings is 1. The smallest absolute Gasteiger partial charge is 0.229 e. The van der Waals surface area contributed by atoms with Crippen LogP contribution >= 0.6 is 11.3 Å². The molecule has 90 valence electrons. The average molecular weight is 249 g/mol. The topological polar surface area (TPSA) is 78.9 Å². The molecule has 17 heavy (non-hydrogen) atoms. The molecule has 0 bridgehead atoms. The molecule has 2 unspecified atom stereocenters. The van der Waals surface area contributed by atoms with Crippen molar-refractivity contribution < 1.29 is 4.79 Å². The highest BCUT2D eigenvalue weighted by molar-refractivity contribution is 7.14. The maximum absolute atomic E-state index is 12.1. The lowest BCUT2D eigenvalue weighted by Crippen LogP contribution is -2.40. The second-order valence-corrected chi connectivity index (χ2v) is 5.24. The molecular formula is C12H15N3OS. The molecule has 0 aromatic carbocycles. The van der Waals surface area contributed by atoms with Crippen molar-refractivity contribution in [3.63, 3.8) is 0 Å². The second-order valence-electron chi connectivity index (χ2n) is 4.32. The zero-order valence-electron chi connectivity index (χ0n) is 9.48. The van der Waals surface area contributed by atoms with E-state index in [9.17, 15) is 4.79 Å². The minimum atomic E-state index is -0.114. The van der Waals surface area contributed by atoms with Crippen LogP contribution in [0.15, 0.2) is 11.4 Å². The third kappa shape index (κ3) is 2.65. The molecule has 2 rings (SSSR count). The van der Waals surface area contributed by atoms with Gasteiger partial charge < -0.3 is 11.1 Å². The third-order valence-electron chi connectivity index (χ3n) is 3.18. The molecule has 0 saturated heterocycles. The zero-order chi connectivity index (χ0) is 12.3. The van der Waals surface area contributed by atoms with E-state index in [4.69, 9.17) is 11.0 Å². The maximum atomic E-state index is 12.1. The van der Waals surface area contributed by atoms with Crippen molar-refractivity contribution in [2.24, 2.45) is 11.7 Å². The average Bonchev–Trinajstić information content (AvgIpc) is 2.76. The third-order valence-corrected chi connectivity index (χ3v) is 4.01. The van der Waals surface area contributed by atoms with Gasteiger partial charge in [0.15, 0.2) is 0 Å². The standard InChI is InChI=1S/C12H15N3OS/c13-7-8-5-6-17-12(8)15-11(16)9-3-1-2-4-10(9)14/h5-6,9-10H,1-4,14H2,(H,15,16). The SMILES string of the molecule is N#Cc1ccsc1NC(=O)C1CCCCC1N.